The fourth-order valence-electron chi connectivity index (χ4n) is 2.02. The molecule has 0 bridgehead atoms. The second-order valence-corrected chi connectivity index (χ2v) is 5.29. The Morgan fingerprint density at radius 2 is 1.78 bits per heavy atom. The predicted octanol–water partition coefficient (Wildman–Crippen LogP) is -0.783. The zero-order valence-electron chi connectivity index (χ0n) is 13.0. The lowest BCUT2D eigenvalue weighted by atomic mass is 10.1. The number of nitrogens with one attached hydrogen (secondary N) is 3. The van der Waals surface area contributed by atoms with Crippen molar-refractivity contribution in [3.63, 3.8) is 0 Å². The topological polar surface area (TPSA) is 107 Å². The number of likely N-dealkylation sites (N-methyl/N-ethyl adjacent to an activating group) is 1. The fourth-order valence-corrected chi connectivity index (χ4v) is 2.02. The van der Waals surface area contributed by atoms with Gasteiger partial charge in [0.25, 0.3) is 5.56 Å². The summed E-state index contributed by atoms with van der Waals surface area (Å²) in [5, 5.41) is 12.5. The first kappa shape index (κ1) is 16.6. The highest BCUT2D eigenvalue weighted by Gasteiger charge is 2.14. The molecule has 0 spiro atoms. The molecule has 1 aromatic carbocycles. The van der Waals surface area contributed by atoms with Gasteiger partial charge in [0.1, 0.15) is 0 Å². The van der Waals surface area contributed by atoms with Gasteiger partial charge in [0, 0.05) is 18.5 Å². The van der Waals surface area contributed by atoms with Crippen molar-refractivity contribution in [1.29, 1.82) is 0 Å². The first-order chi connectivity index (χ1) is 11.0. The highest BCUT2D eigenvalue weighted by atomic mass is 16.2. The van der Waals surface area contributed by atoms with Crippen molar-refractivity contribution in [3.05, 3.63) is 40.3 Å². The standard InChI is InChI=1S/C15H19N5O3/c1-20(2)8-7-16-14(22)15(23)17-9-12-10-5-3-4-6-11(10)13(21)19-18-12/h3-6H,7-9H2,1-2H3,(H,16,22)(H,17,23)(H,19,21). The molecule has 0 saturated carbocycles. The van der Waals surface area contributed by atoms with Crippen molar-refractivity contribution >= 4 is 22.6 Å². The molecule has 3 N–H and O–H groups in total. The number of carbonyl (C=O) groups excluding carboxylic acids is 2. The van der Waals surface area contributed by atoms with Gasteiger partial charge < -0.3 is 15.5 Å². The number of fused-ring (bicyclic) bond motifs is 1. The molecule has 8 heteroatoms. The van der Waals surface area contributed by atoms with E-state index in [1.807, 2.05) is 19.0 Å². The molecular weight excluding hydrogens is 298 g/mol. The molecule has 0 aliphatic carbocycles. The molecule has 8 nitrogen and oxygen atoms in total. The van der Waals surface area contributed by atoms with E-state index in [2.05, 4.69) is 20.8 Å². The van der Waals surface area contributed by atoms with Crippen molar-refractivity contribution in [3.8, 4) is 0 Å². The summed E-state index contributed by atoms with van der Waals surface area (Å²) >= 11 is 0. The summed E-state index contributed by atoms with van der Waals surface area (Å²) in [5.74, 6) is -1.43. The number of aromatic nitrogens is 2. The van der Waals surface area contributed by atoms with E-state index in [1.165, 1.54) is 0 Å². The van der Waals surface area contributed by atoms with Crippen LogP contribution in [-0.4, -0.2) is 54.1 Å². The molecule has 2 aromatic rings. The Morgan fingerprint density at radius 1 is 1.13 bits per heavy atom. The highest BCUT2D eigenvalue weighted by Crippen LogP contribution is 2.11. The molecule has 122 valence electrons. The lowest BCUT2D eigenvalue weighted by Gasteiger charge is -2.10. The Bertz CT molecular complexity index is 769. The molecule has 0 aliphatic heterocycles. The smallest absolute Gasteiger partial charge is 0.309 e. The maximum Gasteiger partial charge on any atom is 0.309 e. The second-order valence-electron chi connectivity index (χ2n) is 5.29. The quantitative estimate of drug-likeness (QED) is 0.627. The van der Waals surface area contributed by atoms with Gasteiger partial charge >= 0.3 is 11.8 Å². The summed E-state index contributed by atoms with van der Waals surface area (Å²) in [5.41, 5.74) is 0.201. The Kier molecular flexibility index (Phi) is 5.42. The van der Waals surface area contributed by atoms with E-state index >= 15 is 0 Å². The lowest BCUT2D eigenvalue weighted by molar-refractivity contribution is -0.139. The fraction of sp³-hybridized carbons (Fsp3) is 0.333. The Labute approximate surface area is 132 Å². The Morgan fingerprint density at radius 3 is 2.48 bits per heavy atom. The van der Waals surface area contributed by atoms with Gasteiger partial charge in [0.15, 0.2) is 0 Å². The highest BCUT2D eigenvalue weighted by molar-refractivity contribution is 6.35. The number of rotatable bonds is 5. The van der Waals surface area contributed by atoms with Gasteiger partial charge in [0.2, 0.25) is 0 Å². The molecule has 2 rings (SSSR count). The third-order valence-corrected chi connectivity index (χ3v) is 3.24. The largest absolute Gasteiger partial charge is 0.347 e. The minimum absolute atomic E-state index is 0.0528. The van der Waals surface area contributed by atoms with Gasteiger partial charge in [-0.25, -0.2) is 5.10 Å². The van der Waals surface area contributed by atoms with E-state index < -0.39 is 11.8 Å². The van der Waals surface area contributed by atoms with Gasteiger partial charge in [-0.3, -0.25) is 14.4 Å². The van der Waals surface area contributed by atoms with Gasteiger partial charge in [-0.15, -0.1) is 0 Å². The van der Waals surface area contributed by atoms with Gasteiger partial charge in [0.05, 0.1) is 17.6 Å². The molecule has 0 atom stereocenters. The monoisotopic (exact) mass is 317 g/mol. The molecule has 0 aliphatic rings. The number of amides is 2. The molecule has 0 saturated heterocycles. The summed E-state index contributed by atoms with van der Waals surface area (Å²) in [7, 11) is 3.75. The minimum atomic E-state index is -0.735. The van der Waals surface area contributed by atoms with Crippen molar-refractivity contribution < 1.29 is 9.59 Å². The van der Waals surface area contributed by atoms with E-state index in [0.29, 0.717) is 29.6 Å². The first-order valence-corrected chi connectivity index (χ1v) is 7.16. The Hall–Kier alpha value is -2.74. The lowest BCUT2D eigenvalue weighted by Crippen LogP contribution is -2.42. The van der Waals surface area contributed by atoms with Crippen LogP contribution in [-0.2, 0) is 16.1 Å². The molecule has 0 radical (unpaired) electrons. The number of aromatic amines is 1. The second kappa shape index (κ2) is 7.50. The van der Waals surface area contributed by atoms with E-state index in [-0.39, 0.29) is 12.1 Å². The number of hydrogen-bond acceptors (Lipinski definition) is 5. The molecular formula is C15H19N5O3. The summed E-state index contributed by atoms with van der Waals surface area (Å²) in [6, 6.07) is 6.95. The molecule has 1 heterocycles. The third kappa shape index (κ3) is 4.36. The normalized spacial score (nSPS) is 10.7. The molecule has 0 fully saturated rings. The zero-order valence-corrected chi connectivity index (χ0v) is 13.0. The van der Waals surface area contributed by atoms with Crippen molar-refractivity contribution in [1.82, 2.24) is 25.7 Å². The SMILES string of the molecule is CN(C)CCNC(=O)C(=O)NCc1n[nH]c(=O)c2ccccc12. The van der Waals surface area contributed by atoms with Crippen LogP contribution in [0.2, 0.25) is 0 Å². The van der Waals surface area contributed by atoms with Crippen LogP contribution in [0, 0.1) is 0 Å². The molecule has 23 heavy (non-hydrogen) atoms. The minimum Gasteiger partial charge on any atom is -0.347 e. The maximum atomic E-state index is 11.8. The van der Waals surface area contributed by atoms with E-state index in [9.17, 15) is 14.4 Å². The van der Waals surface area contributed by atoms with Crippen LogP contribution >= 0.6 is 0 Å². The zero-order chi connectivity index (χ0) is 16.8. The van der Waals surface area contributed by atoms with Crippen LogP contribution in [0.15, 0.2) is 29.1 Å². The van der Waals surface area contributed by atoms with Crippen LogP contribution in [0.4, 0.5) is 0 Å². The van der Waals surface area contributed by atoms with Crippen LogP contribution in [0.5, 0.6) is 0 Å². The molecule has 0 unspecified atom stereocenters. The van der Waals surface area contributed by atoms with Crippen LogP contribution in [0.25, 0.3) is 10.8 Å². The van der Waals surface area contributed by atoms with Gasteiger partial charge in [-0.2, -0.15) is 5.10 Å². The van der Waals surface area contributed by atoms with Crippen LogP contribution in [0.1, 0.15) is 5.69 Å². The number of hydrogen-bond donors (Lipinski definition) is 3. The molecule has 2 amide bonds. The first-order valence-electron chi connectivity index (χ1n) is 7.16. The maximum absolute atomic E-state index is 11.8. The van der Waals surface area contributed by atoms with E-state index in [0.717, 1.165) is 0 Å². The average molecular weight is 317 g/mol. The Balaban J connectivity index is 1.98. The molecule has 1 aromatic heterocycles. The summed E-state index contributed by atoms with van der Waals surface area (Å²) in [4.78, 5) is 37.0. The number of carbonyl (C=O) groups is 2. The van der Waals surface area contributed by atoms with E-state index in [4.69, 9.17) is 0 Å². The summed E-state index contributed by atoms with van der Waals surface area (Å²) in [6.07, 6.45) is 0. The van der Waals surface area contributed by atoms with Gasteiger partial charge in [-0.1, -0.05) is 18.2 Å². The van der Waals surface area contributed by atoms with Crippen molar-refractivity contribution in [2.24, 2.45) is 0 Å². The van der Waals surface area contributed by atoms with Crippen molar-refractivity contribution in [2.75, 3.05) is 27.2 Å². The number of H-pyrrole nitrogens is 1. The van der Waals surface area contributed by atoms with Crippen molar-refractivity contribution in [2.45, 2.75) is 6.54 Å². The summed E-state index contributed by atoms with van der Waals surface area (Å²) < 4.78 is 0. The van der Waals surface area contributed by atoms with Gasteiger partial charge in [-0.05, 0) is 20.2 Å². The number of nitrogens with zero attached hydrogens (tertiary/aromatic N) is 2. The predicted molar refractivity (Wildman–Crippen MR) is 85.8 cm³/mol. The van der Waals surface area contributed by atoms with Crippen LogP contribution in [0.3, 0.4) is 0 Å². The van der Waals surface area contributed by atoms with Crippen LogP contribution < -0.4 is 16.2 Å². The average Bonchev–Trinajstić information content (AvgIpc) is 2.53. The van der Waals surface area contributed by atoms with E-state index in [1.54, 1.807) is 24.3 Å². The summed E-state index contributed by atoms with van der Waals surface area (Å²) in [6.45, 7) is 1.08. The third-order valence-electron chi connectivity index (χ3n) is 3.24. The number of benzene rings is 1.